The van der Waals surface area contributed by atoms with Crippen molar-refractivity contribution in [1.82, 2.24) is 0 Å². The molecule has 1 aromatic carbocycles. The number of benzene rings is 1. The minimum absolute atomic E-state index is 0.519. The van der Waals surface area contributed by atoms with Crippen molar-refractivity contribution in [3.63, 3.8) is 0 Å². The molecular weight excluding hydrogens is 196 g/mol. The first-order valence-electron chi connectivity index (χ1n) is 6.33. The van der Waals surface area contributed by atoms with Gasteiger partial charge < -0.3 is 4.74 Å². The first-order valence-corrected chi connectivity index (χ1v) is 6.33. The molecule has 0 aliphatic rings. The van der Waals surface area contributed by atoms with Crippen LogP contribution in [0.1, 0.15) is 64.0 Å². The largest absolute Gasteiger partial charge is 0.493 e. The predicted octanol–water partition coefficient (Wildman–Crippen LogP) is 4.72. The van der Waals surface area contributed by atoms with Gasteiger partial charge in [0.25, 0.3) is 0 Å². The van der Waals surface area contributed by atoms with Crippen molar-refractivity contribution in [2.45, 2.75) is 52.9 Å². The molecule has 0 saturated heterocycles. The maximum Gasteiger partial charge on any atom is 0.126 e. The Hall–Kier alpha value is -0.980. The lowest BCUT2D eigenvalue weighted by Crippen LogP contribution is -2.04. The zero-order chi connectivity index (χ0) is 12.1. The van der Waals surface area contributed by atoms with Gasteiger partial charge in [-0.3, -0.25) is 0 Å². The number of hydrogen-bond acceptors (Lipinski definition) is 1. The van der Waals surface area contributed by atoms with Gasteiger partial charge in [0, 0.05) is 0 Å². The Balaban J connectivity index is 3.12. The van der Waals surface area contributed by atoms with E-state index in [1.165, 1.54) is 11.1 Å². The van der Waals surface area contributed by atoms with Gasteiger partial charge in [-0.15, -0.1) is 0 Å². The van der Waals surface area contributed by atoms with Gasteiger partial charge in [-0.1, -0.05) is 52.8 Å². The minimum Gasteiger partial charge on any atom is -0.493 e. The molecule has 16 heavy (non-hydrogen) atoms. The third-order valence-electron chi connectivity index (χ3n) is 2.77. The van der Waals surface area contributed by atoms with Crippen LogP contribution in [0.2, 0.25) is 0 Å². The van der Waals surface area contributed by atoms with E-state index in [1.54, 1.807) is 0 Å². The van der Waals surface area contributed by atoms with E-state index in [9.17, 15) is 0 Å². The summed E-state index contributed by atoms with van der Waals surface area (Å²) in [5.41, 5.74) is 2.67. The van der Waals surface area contributed by atoms with Crippen LogP contribution in [-0.4, -0.2) is 6.61 Å². The van der Waals surface area contributed by atoms with Gasteiger partial charge in [0.1, 0.15) is 5.75 Å². The maximum atomic E-state index is 5.94. The monoisotopic (exact) mass is 220 g/mol. The van der Waals surface area contributed by atoms with Gasteiger partial charge in [-0.2, -0.15) is 0 Å². The van der Waals surface area contributed by atoms with E-state index < -0.39 is 0 Å². The summed E-state index contributed by atoms with van der Waals surface area (Å²) in [6, 6.07) is 6.51. The fourth-order valence-corrected chi connectivity index (χ4v) is 1.85. The average Bonchev–Trinajstić information content (AvgIpc) is 2.25. The summed E-state index contributed by atoms with van der Waals surface area (Å²) >= 11 is 0. The van der Waals surface area contributed by atoms with E-state index in [0.29, 0.717) is 11.8 Å². The first-order chi connectivity index (χ1) is 7.57. The van der Waals surface area contributed by atoms with Crippen molar-refractivity contribution in [2.75, 3.05) is 6.61 Å². The lowest BCUT2D eigenvalue weighted by Gasteiger charge is -2.19. The van der Waals surface area contributed by atoms with Crippen molar-refractivity contribution in [3.8, 4) is 5.75 Å². The van der Waals surface area contributed by atoms with Crippen molar-refractivity contribution in [1.29, 1.82) is 0 Å². The Kier molecular flexibility index (Phi) is 4.85. The Morgan fingerprint density at radius 2 is 1.50 bits per heavy atom. The molecule has 0 fully saturated rings. The van der Waals surface area contributed by atoms with Gasteiger partial charge in [-0.05, 0) is 29.4 Å². The summed E-state index contributed by atoms with van der Waals surface area (Å²) in [5, 5.41) is 0. The number of hydrogen-bond donors (Lipinski definition) is 0. The van der Waals surface area contributed by atoms with Crippen LogP contribution in [0.15, 0.2) is 18.2 Å². The lowest BCUT2D eigenvalue weighted by atomic mass is 9.94. The van der Waals surface area contributed by atoms with E-state index >= 15 is 0 Å². The summed E-state index contributed by atoms with van der Waals surface area (Å²) in [4.78, 5) is 0. The standard InChI is InChI=1S/C15H24O/c1-6-10-16-15-13(11(2)3)8-7-9-14(15)12(4)5/h7-9,11-12H,6,10H2,1-5H3. The van der Waals surface area contributed by atoms with E-state index in [-0.39, 0.29) is 0 Å². The van der Waals surface area contributed by atoms with Crippen LogP contribution in [0.3, 0.4) is 0 Å². The SMILES string of the molecule is CCCOc1c(C(C)C)cccc1C(C)C. The van der Waals surface area contributed by atoms with Gasteiger partial charge in [0.05, 0.1) is 6.61 Å². The molecule has 0 bridgehead atoms. The van der Waals surface area contributed by atoms with Crippen molar-refractivity contribution in [3.05, 3.63) is 29.3 Å². The Bertz CT molecular complexity index is 300. The molecule has 1 aromatic rings. The molecule has 1 heteroatoms. The molecule has 0 aliphatic carbocycles. The van der Waals surface area contributed by atoms with Gasteiger partial charge >= 0.3 is 0 Å². The van der Waals surface area contributed by atoms with Crippen molar-refractivity contribution >= 4 is 0 Å². The average molecular weight is 220 g/mol. The van der Waals surface area contributed by atoms with Gasteiger partial charge in [-0.25, -0.2) is 0 Å². The van der Waals surface area contributed by atoms with Crippen LogP contribution < -0.4 is 4.74 Å². The summed E-state index contributed by atoms with van der Waals surface area (Å²) in [6.07, 6.45) is 1.06. The first kappa shape index (κ1) is 13.1. The maximum absolute atomic E-state index is 5.94. The van der Waals surface area contributed by atoms with Crippen molar-refractivity contribution < 1.29 is 4.74 Å². The van der Waals surface area contributed by atoms with Crippen LogP contribution >= 0.6 is 0 Å². The fourth-order valence-electron chi connectivity index (χ4n) is 1.85. The Morgan fingerprint density at radius 1 is 1.00 bits per heavy atom. The van der Waals surface area contributed by atoms with Gasteiger partial charge in [0.15, 0.2) is 0 Å². The third kappa shape index (κ3) is 3.01. The van der Waals surface area contributed by atoms with Crippen LogP contribution in [0.25, 0.3) is 0 Å². The van der Waals surface area contributed by atoms with Crippen LogP contribution in [0.5, 0.6) is 5.75 Å². The molecule has 0 N–H and O–H groups in total. The summed E-state index contributed by atoms with van der Waals surface area (Å²) < 4.78 is 5.94. The minimum atomic E-state index is 0.519. The molecule has 0 radical (unpaired) electrons. The van der Waals surface area contributed by atoms with Crippen LogP contribution in [-0.2, 0) is 0 Å². The van der Waals surface area contributed by atoms with Crippen LogP contribution in [0.4, 0.5) is 0 Å². The molecule has 0 aliphatic heterocycles. The second kappa shape index (κ2) is 5.93. The molecule has 0 amide bonds. The topological polar surface area (TPSA) is 9.23 Å². The molecule has 1 nitrogen and oxygen atoms in total. The molecule has 0 atom stereocenters. The molecular formula is C15H24O. The Morgan fingerprint density at radius 3 is 1.88 bits per heavy atom. The zero-order valence-corrected chi connectivity index (χ0v) is 11.2. The molecule has 1 rings (SSSR count). The van der Waals surface area contributed by atoms with Gasteiger partial charge in [0.2, 0.25) is 0 Å². The highest BCUT2D eigenvalue weighted by Gasteiger charge is 2.14. The van der Waals surface area contributed by atoms with Crippen molar-refractivity contribution in [2.24, 2.45) is 0 Å². The second-order valence-corrected chi connectivity index (χ2v) is 4.92. The smallest absolute Gasteiger partial charge is 0.126 e. The summed E-state index contributed by atoms with van der Waals surface area (Å²) in [6.45, 7) is 11.8. The zero-order valence-electron chi connectivity index (χ0n) is 11.2. The fraction of sp³-hybridized carbons (Fsp3) is 0.600. The quantitative estimate of drug-likeness (QED) is 0.697. The number of rotatable bonds is 5. The second-order valence-electron chi connectivity index (χ2n) is 4.92. The predicted molar refractivity (Wildman–Crippen MR) is 70.4 cm³/mol. The Labute approximate surface area is 99.8 Å². The van der Waals surface area contributed by atoms with E-state index in [4.69, 9.17) is 4.74 Å². The molecule has 90 valence electrons. The number of para-hydroxylation sites is 1. The molecule has 0 spiro atoms. The highest BCUT2D eigenvalue weighted by molar-refractivity contribution is 5.44. The molecule has 0 unspecified atom stereocenters. The van der Waals surface area contributed by atoms with E-state index in [0.717, 1.165) is 18.8 Å². The third-order valence-corrected chi connectivity index (χ3v) is 2.77. The molecule has 0 heterocycles. The lowest BCUT2D eigenvalue weighted by molar-refractivity contribution is 0.308. The van der Waals surface area contributed by atoms with E-state index in [2.05, 4.69) is 52.8 Å². The van der Waals surface area contributed by atoms with Crippen LogP contribution in [0, 0.1) is 0 Å². The van der Waals surface area contributed by atoms with E-state index in [1.807, 2.05) is 0 Å². The highest BCUT2D eigenvalue weighted by atomic mass is 16.5. The number of ether oxygens (including phenoxy) is 1. The summed E-state index contributed by atoms with van der Waals surface area (Å²) in [5.74, 6) is 2.16. The molecule has 0 aromatic heterocycles. The normalized spacial score (nSPS) is 11.2. The molecule has 0 saturated carbocycles. The summed E-state index contributed by atoms with van der Waals surface area (Å²) in [7, 11) is 0. The highest BCUT2D eigenvalue weighted by Crippen LogP contribution is 2.34.